The molecule has 0 bridgehead atoms. The van der Waals surface area contributed by atoms with Crippen LogP contribution in [0.4, 0.5) is 4.39 Å². The summed E-state index contributed by atoms with van der Waals surface area (Å²) < 4.78 is 18.6. The largest absolute Gasteiger partial charge is 0.496 e. The summed E-state index contributed by atoms with van der Waals surface area (Å²) in [5.41, 5.74) is 0.869. The predicted octanol–water partition coefficient (Wildman–Crippen LogP) is 3.57. The Bertz CT molecular complexity index is 543. The molecule has 2 rings (SSSR count). The molecule has 18 heavy (non-hydrogen) atoms. The fraction of sp³-hybridized carbons (Fsp3) is 0.143. The van der Waals surface area contributed by atoms with Crippen molar-refractivity contribution >= 4 is 11.6 Å². The van der Waals surface area contributed by atoms with Crippen molar-refractivity contribution in [2.24, 2.45) is 0 Å². The molecule has 0 aliphatic carbocycles. The number of methoxy groups -OCH3 is 1. The van der Waals surface area contributed by atoms with Gasteiger partial charge in [0.2, 0.25) is 0 Å². The highest BCUT2D eigenvalue weighted by molar-refractivity contribution is 6.31. The first-order valence-electron chi connectivity index (χ1n) is 5.40. The summed E-state index contributed by atoms with van der Waals surface area (Å²) in [5, 5.41) is 10.2. The van der Waals surface area contributed by atoms with Gasteiger partial charge in [0, 0.05) is 5.56 Å². The summed E-state index contributed by atoms with van der Waals surface area (Å²) in [6, 6.07) is 11.6. The van der Waals surface area contributed by atoms with Crippen LogP contribution >= 0.6 is 11.6 Å². The van der Waals surface area contributed by atoms with Gasteiger partial charge in [-0.1, -0.05) is 41.9 Å². The quantitative estimate of drug-likeness (QED) is 0.920. The fourth-order valence-corrected chi connectivity index (χ4v) is 2.04. The van der Waals surface area contributed by atoms with Gasteiger partial charge >= 0.3 is 0 Å². The molecule has 1 N–H and O–H groups in total. The summed E-state index contributed by atoms with van der Waals surface area (Å²) in [4.78, 5) is 0. The van der Waals surface area contributed by atoms with E-state index in [1.54, 1.807) is 24.3 Å². The van der Waals surface area contributed by atoms with Crippen molar-refractivity contribution < 1.29 is 14.2 Å². The van der Waals surface area contributed by atoms with Crippen LogP contribution in [0.3, 0.4) is 0 Å². The minimum absolute atomic E-state index is 0.120. The first-order chi connectivity index (χ1) is 8.65. The third kappa shape index (κ3) is 2.33. The second-order valence-corrected chi connectivity index (χ2v) is 4.17. The zero-order chi connectivity index (χ0) is 13.1. The molecular formula is C14H12ClFO2. The lowest BCUT2D eigenvalue weighted by Crippen LogP contribution is -2.04. The molecular weight excluding hydrogens is 255 g/mol. The molecule has 0 saturated heterocycles. The Morgan fingerprint density at radius 2 is 1.83 bits per heavy atom. The first-order valence-corrected chi connectivity index (χ1v) is 5.78. The first kappa shape index (κ1) is 12.9. The van der Waals surface area contributed by atoms with Crippen LogP contribution in [-0.4, -0.2) is 12.2 Å². The number of hydrogen-bond donors (Lipinski definition) is 1. The van der Waals surface area contributed by atoms with Gasteiger partial charge in [-0.2, -0.15) is 0 Å². The molecule has 0 amide bonds. The van der Waals surface area contributed by atoms with Gasteiger partial charge in [0.15, 0.2) is 0 Å². The van der Waals surface area contributed by atoms with E-state index in [4.69, 9.17) is 16.3 Å². The number of rotatable bonds is 3. The molecule has 2 aromatic carbocycles. The van der Waals surface area contributed by atoms with Gasteiger partial charge in [-0.05, 0) is 17.7 Å². The molecule has 94 valence electrons. The van der Waals surface area contributed by atoms with Crippen LogP contribution in [-0.2, 0) is 0 Å². The summed E-state index contributed by atoms with van der Waals surface area (Å²) >= 11 is 5.91. The highest BCUT2D eigenvalue weighted by atomic mass is 35.5. The summed E-state index contributed by atoms with van der Waals surface area (Å²) in [6.07, 6.45) is -1.02. The summed E-state index contributed by atoms with van der Waals surface area (Å²) in [7, 11) is 1.45. The Kier molecular flexibility index (Phi) is 3.84. The van der Waals surface area contributed by atoms with Crippen LogP contribution < -0.4 is 4.74 Å². The Morgan fingerprint density at radius 1 is 1.17 bits per heavy atom. The number of hydrogen-bond acceptors (Lipinski definition) is 2. The molecule has 0 fully saturated rings. The molecule has 2 aromatic rings. The SMILES string of the molecule is COc1ccc(F)c(Cl)c1C(O)c1ccccc1. The van der Waals surface area contributed by atoms with Gasteiger partial charge in [0.25, 0.3) is 0 Å². The van der Waals surface area contributed by atoms with E-state index >= 15 is 0 Å². The van der Waals surface area contributed by atoms with Crippen molar-refractivity contribution in [1.82, 2.24) is 0 Å². The van der Waals surface area contributed by atoms with E-state index in [0.29, 0.717) is 11.3 Å². The highest BCUT2D eigenvalue weighted by Gasteiger charge is 2.21. The molecule has 0 aliphatic heterocycles. The second-order valence-electron chi connectivity index (χ2n) is 3.79. The predicted molar refractivity (Wildman–Crippen MR) is 68.5 cm³/mol. The molecule has 1 atom stereocenters. The zero-order valence-electron chi connectivity index (χ0n) is 9.73. The second kappa shape index (κ2) is 5.38. The van der Waals surface area contributed by atoms with Gasteiger partial charge < -0.3 is 9.84 Å². The molecule has 4 heteroatoms. The minimum atomic E-state index is -1.02. The summed E-state index contributed by atoms with van der Waals surface area (Å²) in [5.74, 6) is -0.222. The molecule has 2 nitrogen and oxygen atoms in total. The van der Waals surface area contributed by atoms with Crippen LogP contribution in [0.5, 0.6) is 5.75 Å². The van der Waals surface area contributed by atoms with Gasteiger partial charge in [0.1, 0.15) is 17.7 Å². The molecule has 1 unspecified atom stereocenters. The van der Waals surface area contributed by atoms with Crippen LogP contribution in [0.1, 0.15) is 17.2 Å². The lowest BCUT2D eigenvalue weighted by molar-refractivity contribution is 0.214. The number of halogens is 2. The van der Waals surface area contributed by atoms with E-state index < -0.39 is 11.9 Å². The van der Waals surface area contributed by atoms with Crippen molar-refractivity contribution in [1.29, 1.82) is 0 Å². The lowest BCUT2D eigenvalue weighted by Gasteiger charge is -2.17. The molecule has 0 radical (unpaired) electrons. The van der Waals surface area contributed by atoms with Gasteiger partial charge in [-0.3, -0.25) is 0 Å². The fourth-order valence-electron chi connectivity index (χ4n) is 1.78. The van der Waals surface area contributed by atoms with Gasteiger partial charge in [0.05, 0.1) is 12.1 Å². The maximum Gasteiger partial charge on any atom is 0.142 e. The van der Waals surface area contributed by atoms with E-state index in [2.05, 4.69) is 0 Å². The van der Waals surface area contributed by atoms with Crippen molar-refractivity contribution in [3.8, 4) is 5.75 Å². The normalized spacial score (nSPS) is 12.2. The van der Waals surface area contributed by atoms with E-state index in [1.165, 1.54) is 19.2 Å². The monoisotopic (exact) mass is 266 g/mol. The third-order valence-corrected chi connectivity index (χ3v) is 3.09. The van der Waals surface area contributed by atoms with Crippen LogP contribution in [0.15, 0.2) is 42.5 Å². The molecule has 0 spiro atoms. The van der Waals surface area contributed by atoms with Crippen LogP contribution in [0.2, 0.25) is 5.02 Å². The smallest absolute Gasteiger partial charge is 0.142 e. The Labute approximate surface area is 110 Å². The van der Waals surface area contributed by atoms with E-state index in [1.807, 2.05) is 6.07 Å². The third-order valence-electron chi connectivity index (χ3n) is 2.70. The Balaban J connectivity index is 2.53. The topological polar surface area (TPSA) is 29.5 Å². The zero-order valence-corrected chi connectivity index (χ0v) is 10.5. The molecule has 0 aliphatic rings. The highest BCUT2D eigenvalue weighted by Crippen LogP contribution is 2.37. The Morgan fingerprint density at radius 3 is 2.44 bits per heavy atom. The van der Waals surface area contributed by atoms with Crippen LogP contribution in [0.25, 0.3) is 0 Å². The van der Waals surface area contributed by atoms with Crippen LogP contribution in [0, 0.1) is 5.82 Å². The van der Waals surface area contributed by atoms with E-state index in [-0.39, 0.29) is 10.6 Å². The number of aliphatic hydroxyl groups excluding tert-OH is 1. The average molecular weight is 267 g/mol. The van der Waals surface area contributed by atoms with Crippen molar-refractivity contribution in [3.05, 3.63) is 64.4 Å². The van der Waals surface area contributed by atoms with E-state index in [0.717, 1.165) is 0 Å². The lowest BCUT2D eigenvalue weighted by atomic mass is 10.0. The molecule has 0 saturated carbocycles. The molecule has 0 heterocycles. The number of aliphatic hydroxyl groups is 1. The molecule has 0 aromatic heterocycles. The number of ether oxygens (including phenoxy) is 1. The van der Waals surface area contributed by atoms with Crippen molar-refractivity contribution in [2.75, 3.05) is 7.11 Å². The van der Waals surface area contributed by atoms with Gasteiger partial charge in [-0.25, -0.2) is 4.39 Å². The number of benzene rings is 2. The Hall–Kier alpha value is -1.58. The standard InChI is InChI=1S/C14H12ClFO2/c1-18-11-8-7-10(16)13(15)12(11)14(17)9-5-3-2-4-6-9/h2-8,14,17H,1H3. The van der Waals surface area contributed by atoms with Crippen molar-refractivity contribution in [3.63, 3.8) is 0 Å². The minimum Gasteiger partial charge on any atom is -0.496 e. The average Bonchev–Trinajstić information content (AvgIpc) is 2.42. The van der Waals surface area contributed by atoms with E-state index in [9.17, 15) is 9.50 Å². The summed E-state index contributed by atoms with van der Waals surface area (Å²) in [6.45, 7) is 0. The maximum atomic E-state index is 13.5. The van der Waals surface area contributed by atoms with Gasteiger partial charge in [-0.15, -0.1) is 0 Å². The van der Waals surface area contributed by atoms with Crippen molar-refractivity contribution in [2.45, 2.75) is 6.10 Å². The maximum absolute atomic E-state index is 13.5.